The van der Waals surface area contributed by atoms with Gasteiger partial charge >= 0.3 is 0 Å². The number of fused-ring (bicyclic) bond motifs is 2. The van der Waals surface area contributed by atoms with E-state index in [9.17, 15) is 9.59 Å². The summed E-state index contributed by atoms with van der Waals surface area (Å²) in [5.41, 5.74) is 1.49. The summed E-state index contributed by atoms with van der Waals surface area (Å²) in [6, 6.07) is 21.6. The Balaban J connectivity index is 1.36. The van der Waals surface area contributed by atoms with E-state index in [0.717, 1.165) is 6.42 Å². The molecule has 0 radical (unpaired) electrons. The van der Waals surface area contributed by atoms with Crippen LogP contribution in [0.1, 0.15) is 17.9 Å². The summed E-state index contributed by atoms with van der Waals surface area (Å²) in [6.07, 6.45) is 0.808. The number of para-hydroxylation sites is 1. The van der Waals surface area contributed by atoms with Gasteiger partial charge in [-0.2, -0.15) is 0 Å². The number of benzene rings is 3. The molecule has 1 aliphatic carbocycles. The molecule has 5 heteroatoms. The molecule has 1 fully saturated rings. The quantitative estimate of drug-likeness (QED) is 0.587. The molecule has 1 saturated carbocycles. The number of anilines is 1. The molecule has 0 saturated heterocycles. The van der Waals surface area contributed by atoms with Crippen LogP contribution in [0, 0.1) is 5.92 Å². The summed E-state index contributed by atoms with van der Waals surface area (Å²) in [7, 11) is 0. The first kappa shape index (κ1) is 15.8. The number of carbonyl (C=O) groups excluding carboxylic acids is 1. The number of carbonyl (C=O) groups is 1. The number of aromatic amines is 1. The van der Waals surface area contributed by atoms with Crippen molar-refractivity contribution in [2.45, 2.75) is 12.3 Å². The van der Waals surface area contributed by atoms with E-state index in [1.807, 2.05) is 18.2 Å². The lowest BCUT2D eigenvalue weighted by Crippen LogP contribution is -2.20. The van der Waals surface area contributed by atoms with Crippen molar-refractivity contribution in [3.8, 4) is 0 Å². The molecule has 2 unspecified atom stereocenters. The first-order chi connectivity index (χ1) is 13.2. The molecule has 3 aromatic carbocycles. The lowest BCUT2D eigenvalue weighted by Gasteiger charge is -2.06. The Labute approximate surface area is 155 Å². The van der Waals surface area contributed by atoms with Gasteiger partial charge < -0.3 is 0 Å². The zero-order chi connectivity index (χ0) is 18.4. The SMILES string of the molecule is O=C(Nc1nc2ccccc2c(=O)[nH]1)C1CC1c1ccc2ccccc2c1. The Kier molecular flexibility index (Phi) is 3.53. The molecule has 1 heterocycles. The van der Waals surface area contributed by atoms with Crippen LogP contribution in [0.15, 0.2) is 71.5 Å². The standard InChI is InChI=1S/C22H17N3O2/c26-20-16-7-3-4-8-19(16)23-22(24-20)25-21(27)18-12-17(18)15-10-9-13-5-1-2-6-14(13)11-15/h1-11,17-18H,12H2,(H2,23,24,25,26,27). The maximum atomic E-state index is 12.6. The molecule has 0 aliphatic heterocycles. The summed E-state index contributed by atoms with van der Waals surface area (Å²) < 4.78 is 0. The van der Waals surface area contributed by atoms with Crippen molar-refractivity contribution in [2.24, 2.45) is 5.92 Å². The number of amides is 1. The smallest absolute Gasteiger partial charge is 0.260 e. The average Bonchev–Trinajstić information content (AvgIpc) is 3.49. The average molecular weight is 355 g/mol. The topological polar surface area (TPSA) is 74.8 Å². The van der Waals surface area contributed by atoms with E-state index in [1.54, 1.807) is 18.2 Å². The van der Waals surface area contributed by atoms with Gasteiger partial charge in [-0.05, 0) is 40.8 Å². The Morgan fingerprint density at radius 2 is 1.78 bits per heavy atom. The third-order valence-electron chi connectivity index (χ3n) is 5.18. The number of nitrogens with one attached hydrogen (secondary N) is 2. The van der Waals surface area contributed by atoms with Gasteiger partial charge in [0.15, 0.2) is 0 Å². The second kappa shape index (κ2) is 6.06. The zero-order valence-corrected chi connectivity index (χ0v) is 14.5. The van der Waals surface area contributed by atoms with E-state index < -0.39 is 0 Å². The molecule has 1 amide bonds. The van der Waals surface area contributed by atoms with Crippen LogP contribution in [0.3, 0.4) is 0 Å². The molecule has 2 atom stereocenters. The van der Waals surface area contributed by atoms with Crippen LogP contribution < -0.4 is 10.9 Å². The van der Waals surface area contributed by atoms with Gasteiger partial charge in [0.05, 0.1) is 10.9 Å². The molecular weight excluding hydrogens is 338 g/mol. The van der Waals surface area contributed by atoms with Crippen LogP contribution in [0.5, 0.6) is 0 Å². The van der Waals surface area contributed by atoms with Crippen molar-refractivity contribution in [1.29, 1.82) is 0 Å². The maximum Gasteiger partial charge on any atom is 0.260 e. The van der Waals surface area contributed by atoms with Gasteiger partial charge in [0.1, 0.15) is 0 Å². The molecule has 1 aromatic heterocycles. The minimum atomic E-state index is -0.252. The van der Waals surface area contributed by atoms with Crippen molar-refractivity contribution >= 4 is 33.5 Å². The van der Waals surface area contributed by atoms with Gasteiger partial charge in [0.2, 0.25) is 11.9 Å². The number of nitrogens with zero attached hydrogens (tertiary/aromatic N) is 1. The number of aromatic nitrogens is 2. The second-order valence-corrected chi connectivity index (χ2v) is 6.98. The number of hydrogen-bond acceptors (Lipinski definition) is 3. The predicted octanol–water partition coefficient (Wildman–Crippen LogP) is 3.82. The normalized spacial score (nSPS) is 18.5. The highest BCUT2D eigenvalue weighted by Gasteiger charge is 2.44. The number of H-pyrrole nitrogens is 1. The summed E-state index contributed by atoms with van der Waals surface area (Å²) in [4.78, 5) is 31.7. The van der Waals surface area contributed by atoms with Crippen molar-refractivity contribution in [2.75, 3.05) is 5.32 Å². The highest BCUT2D eigenvalue weighted by atomic mass is 16.2. The van der Waals surface area contributed by atoms with Gasteiger partial charge in [-0.3, -0.25) is 19.9 Å². The Hall–Kier alpha value is -3.47. The molecule has 5 rings (SSSR count). The summed E-state index contributed by atoms with van der Waals surface area (Å²) in [6.45, 7) is 0. The summed E-state index contributed by atoms with van der Waals surface area (Å²) in [5.74, 6) is 0.212. The molecular formula is C22H17N3O2. The second-order valence-electron chi connectivity index (χ2n) is 6.98. The molecule has 0 spiro atoms. The first-order valence-electron chi connectivity index (χ1n) is 8.98. The van der Waals surface area contributed by atoms with Gasteiger partial charge in [0.25, 0.3) is 5.56 Å². The lowest BCUT2D eigenvalue weighted by atomic mass is 10.0. The van der Waals surface area contributed by atoms with Gasteiger partial charge in [-0.25, -0.2) is 4.98 Å². The largest absolute Gasteiger partial charge is 0.296 e. The van der Waals surface area contributed by atoms with Gasteiger partial charge in [-0.15, -0.1) is 0 Å². The van der Waals surface area contributed by atoms with E-state index in [-0.39, 0.29) is 29.3 Å². The number of rotatable bonds is 3. The third-order valence-corrected chi connectivity index (χ3v) is 5.18. The molecule has 4 aromatic rings. The fraction of sp³-hybridized carbons (Fsp3) is 0.136. The van der Waals surface area contributed by atoms with Gasteiger partial charge in [-0.1, -0.05) is 54.6 Å². The van der Waals surface area contributed by atoms with E-state index >= 15 is 0 Å². The van der Waals surface area contributed by atoms with Crippen LogP contribution >= 0.6 is 0 Å². The van der Waals surface area contributed by atoms with Crippen LogP contribution in [-0.4, -0.2) is 15.9 Å². The highest BCUT2D eigenvalue weighted by Crippen LogP contribution is 2.48. The Morgan fingerprint density at radius 1 is 1.00 bits per heavy atom. The summed E-state index contributed by atoms with van der Waals surface area (Å²) >= 11 is 0. The van der Waals surface area contributed by atoms with Crippen molar-refractivity contribution < 1.29 is 4.79 Å². The predicted molar refractivity (Wildman–Crippen MR) is 106 cm³/mol. The highest BCUT2D eigenvalue weighted by molar-refractivity contribution is 5.95. The first-order valence-corrected chi connectivity index (χ1v) is 8.98. The Morgan fingerprint density at radius 3 is 2.67 bits per heavy atom. The van der Waals surface area contributed by atoms with Crippen LogP contribution in [0.25, 0.3) is 21.7 Å². The molecule has 5 nitrogen and oxygen atoms in total. The lowest BCUT2D eigenvalue weighted by molar-refractivity contribution is -0.117. The molecule has 132 valence electrons. The zero-order valence-electron chi connectivity index (χ0n) is 14.5. The van der Waals surface area contributed by atoms with Crippen molar-refractivity contribution in [3.63, 3.8) is 0 Å². The Bertz CT molecular complexity index is 1240. The van der Waals surface area contributed by atoms with Crippen LogP contribution in [-0.2, 0) is 4.79 Å². The fourth-order valence-corrected chi connectivity index (χ4v) is 3.65. The van der Waals surface area contributed by atoms with E-state index in [0.29, 0.717) is 10.9 Å². The van der Waals surface area contributed by atoms with Crippen LogP contribution in [0.2, 0.25) is 0 Å². The fourth-order valence-electron chi connectivity index (χ4n) is 3.65. The van der Waals surface area contributed by atoms with Crippen molar-refractivity contribution in [3.05, 3.63) is 82.6 Å². The minimum Gasteiger partial charge on any atom is -0.296 e. The van der Waals surface area contributed by atoms with E-state index in [2.05, 4.69) is 45.6 Å². The van der Waals surface area contributed by atoms with E-state index in [1.165, 1.54) is 16.3 Å². The number of hydrogen-bond donors (Lipinski definition) is 2. The molecule has 2 N–H and O–H groups in total. The van der Waals surface area contributed by atoms with Crippen molar-refractivity contribution in [1.82, 2.24) is 9.97 Å². The monoisotopic (exact) mass is 355 g/mol. The minimum absolute atomic E-state index is 0.0945. The molecule has 0 bridgehead atoms. The maximum absolute atomic E-state index is 12.6. The molecule has 27 heavy (non-hydrogen) atoms. The molecule has 1 aliphatic rings. The third kappa shape index (κ3) is 2.87. The summed E-state index contributed by atoms with van der Waals surface area (Å²) in [5, 5.41) is 5.66. The van der Waals surface area contributed by atoms with Crippen LogP contribution in [0.4, 0.5) is 5.95 Å². The van der Waals surface area contributed by atoms with E-state index in [4.69, 9.17) is 0 Å². The van der Waals surface area contributed by atoms with Gasteiger partial charge in [0, 0.05) is 5.92 Å².